The molecule has 1 aliphatic rings. The van der Waals surface area contributed by atoms with E-state index in [1.54, 1.807) is 11.3 Å². The second kappa shape index (κ2) is 9.52. The molecule has 2 aromatic rings. The van der Waals surface area contributed by atoms with Gasteiger partial charge in [-0.3, -0.25) is 4.99 Å². The van der Waals surface area contributed by atoms with Crippen LogP contribution < -0.4 is 10.6 Å². The molecule has 0 atom stereocenters. The van der Waals surface area contributed by atoms with E-state index in [0.717, 1.165) is 36.9 Å². The predicted octanol–water partition coefficient (Wildman–Crippen LogP) is 4.01. The van der Waals surface area contributed by atoms with Crippen LogP contribution in [0.5, 0.6) is 0 Å². The van der Waals surface area contributed by atoms with Gasteiger partial charge in [-0.2, -0.15) is 0 Å². The van der Waals surface area contributed by atoms with Crippen LogP contribution in [0.25, 0.3) is 0 Å². The largest absolute Gasteiger partial charge is 0.356 e. The zero-order valence-corrected chi connectivity index (χ0v) is 18.1. The number of rotatable bonds is 7. The number of hydrogen-bond acceptors (Lipinski definition) is 3. The molecule has 136 valence electrons. The summed E-state index contributed by atoms with van der Waals surface area (Å²) in [6, 6.07) is 10.8. The van der Waals surface area contributed by atoms with Gasteiger partial charge in [-0.1, -0.05) is 37.3 Å². The second-order valence-corrected chi connectivity index (χ2v) is 7.72. The van der Waals surface area contributed by atoms with Crippen molar-refractivity contribution in [3.63, 3.8) is 0 Å². The smallest absolute Gasteiger partial charge is 0.191 e. The fourth-order valence-electron chi connectivity index (χ4n) is 2.87. The molecule has 6 heteroatoms. The van der Waals surface area contributed by atoms with Gasteiger partial charge in [-0.25, -0.2) is 4.98 Å². The van der Waals surface area contributed by atoms with Gasteiger partial charge in [0.2, 0.25) is 0 Å². The molecule has 1 aliphatic carbocycles. The molecular weight excluding hydrogens is 443 g/mol. The molecule has 0 radical (unpaired) electrons. The molecule has 2 N–H and O–H groups in total. The van der Waals surface area contributed by atoms with E-state index in [-0.39, 0.29) is 24.0 Å². The standard InChI is InChI=1S/C19H26N4S.HI/c1-3-16-12-21-17(24-16)13-22-18(20-2)23-14-19(9-10-19)11-15-7-5-4-6-8-15;/h4-8,12H,3,9-11,13-14H2,1-2H3,(H2,20,22,23);1H. The zero-order chi connectivity index (χ0) is 16.8. The van der Waals surface area contributed by atoms with Crippen molar-refractivity contribution < 1.29 is 0 Å². The Bertz CT molecular complexity index is 680. The maximum absolute atomic E-state index is 4.44. The monoisotopic (exact) mass is 470 g/mol. The van der Waals surface area contributed by atoms with Crippen LogP contribution in [0.2, 0.25) is 0 Å². The van der Waals surface area contributed by atoms with Crippen molar-refractivity contribution in [2.75, 3.05) is 13.6 Å². The number of benzene rings is 1. The van der Waals surface area contributed by atoms with Gasteiger partial charge >= 0.3 is 0 Å². The van der Waals surface area contributed by atoms with Crippen molar-refractivity contribution >= 4 is 41.3 Å². The molecule has 0 unspecified atom stereocenters. The lowest BCUT2D eigenvalue weighted by molar-refractivity contribution is 0.492. The number of guanidine groups is 1. The molecule has 1 aromatic carbocycles. The molecule has 1 fully saturated rings. The van der Waals surface area contributed by atoms with Crippen LogP contribution in [-0.2, 0) is 19.4 Å². The highest BCUT2D eigenvalue weighted by atomic mass is 127. The fourth-order valence-corrected chi connectivity index (χ4v) is 3.67. The van der Waals surface area contributed by atoms with Crippen molar-refractivity contribution in [1.82, 2.24) is 15.6 Å². The highest BCUT2D eigenvalue weighted by Crippen LogP contribution is 2.47. The summed E-state index contributed by atoms with van der Waals surface area (Å²) < 4.78 is 0. The summed E-state index contributed by atoms with van der Waals surface area (Å²) in [6.45, 7) is 3.86. The predicted molar refractivity (Wildman–Crippen MR) is 117 cm³/mol. The van der Waals surface area contributed by atoms with Gasteiger partial charge in [0.15, 0.2) is 5.96 Å². The van der Waals surface area contributed by atoms with E-state index in [1.807, 2.05) is 13.2 Å². The van der Waals surface area contributed by atoms with Crippen LogP contribution >= 0.6 is 35.3 Å². The molecular formula is C19H27IN4S. The van der Waals surface area contributed by atoms with Crippen LogP contribution in [0.3, 0.4) is 0 Å². The summed E-state index contributed by atoms with van der Waals surface area (Å²) >= 11 is 1.77. The summed E-state index contributed by atoms with van der Waals surface area (Å²) in [5.41, 5.74) is 1.82. The zero-order valence-electron chi connectivity index (χ0n) is 14.9. The molecule has 25 heavy (non-hydrogen) atoms. The van der Waals surface area contributed by atoms with Crippen molar-refractivity contribution in [3.05, 3.63) is 52.0 Å². The molecule has 1 heterocycles. The first-order valence-electron chi connectivity index (χ1n) is 8.65. The van der Waals surface area contributed by atoms with E-state index >= 15 is 0 Å². The third-order valence-corrected chi connectivity index (χ3v) is 5.73. The van der Waals surface area contributed by atoms with E-state index in [1.165, 1.54) is 23.3 Å². The van der Waals surface area contributed by atoms with Gasteiger partial charge in [0.05, 0.1) is 6.54 Å². The Morgan fingerprint density at radius 3 is 2.60 bits per heavy atom. The Morgan fingerprint density at radius 2 is 2.00 bits per heavy atom. The van der Waals surface area contributed by atoms with Crippen LogP contribution in [-0.4, -0.2) is 24.5 Å². The third kappa shape index (κ3) is 5.95. The summed E-state index contributed by atoms with van der Waals surface area (Å²) in [5, 5.41) is 7.98. The Kier molecular flexibility index (Phi) is 7.68. The minimum Gasteiger partial charge on any atom is -0.356 e. The molecule has 4 nitrogen and oxygen atoms in total. The van der Waals surface area contributed by atoms with E-state index < -0.39 is 0 Å². The SMILES string of the molecule is CCc1cnc(CNC(=NC)NCC2(Cc3ccccc3)CC2)s1.I. The van der Waals surface area contributed by atoms with Gasteiger partial charge in [-0.05, 0) is 36.7 Å². The van der Waals surface area contributed by atoms with Crippen LogP contribution in [0.15, 0.2) is 41.5 Å². The molecule has 0 spiro atoms. The molecule has 0 amide bonds. The number of halogens is 1. The summed E-state index contributed by atoms with van der Waals surface area (Å²) in [5.74, 6) is 0.864. The highest BCUT2D eigenvalue weighted by molar-refractivity contribution is 14.0. The number of nitrogens with zero attached hydrogens (tertiary/aromatic N) is 2. The number of aryl methyl sites for hydroxylation is 1. The summed E-state index contributed by atoms with van der Waals surface area (Å²) in [7, 11) is 1.82. The number of aromatic nitrogens is 1. The number of nitrogens with one attached hydrogen (secondary N) is 2. The fraction of sp³-hybridized carbons (Fsp3) is 0.474. The number of aliphatic imine (C=N–C) groups is 1. The lowest BCUT2D eigenvalue weighted by atomic mass is 9.96. The molecule has 0 saturated heterocycles. The van der Waals surface area contributed by atoms with E-state index in [2.05, 4.69) is 57.9 Å². The average molecular weight is 470 g/mol. The van der Waals surface area contributed by atoms with Crippen molar-refractivity contribution in [2.45, 2.75) is 39.2 Å². The molecule has 1 saturated carbocycles. The van der Waals surface area contributed by atoms with Gasteiger partial charge in [0.1, 0.15) is 5.01 Å². The van der Waals surface area contributed by atoms with E-state index in [9.17, 15) is 0 Å². The molecule has 3 rings (SSSR count). The number of hydrogen-bond donors (Lipinski definition) is 2. The molecule has 0 bridgehead atoms. The summed E-state index contributed by atoms with van der Waals surface area (Å²) in [4.78, 5) is 10.1. The van der Waals surface area contributed by atoms with Crippen LogP contribution in [0, 0.1) is 5.41 Å². The van der Waals surface area contributed by atoms with E-state index in [0.29, 0.717) is 5.41 Å². The van der Waals surface area contributed by atoms with Crippen molar-refractivity contribution in [2.24, 2.45) is 10.4 Å². The minimum atomic E-state index is 0. The van der Waals surface area contributed by atoms with Gasteiger partial charge < -0.3 is 10.6 Å². The molecule has 0 aliphatic heterocycles. The lowest BCUT2D eigenvalue weighted by Crippen LogP contribution is -2.40. The van der Waals surface area contributed by atoms with Crippen LogP contribution in [0.4, 0.5) is 0 Å². The second-order valence-electron chi connectivity index (χ2n) is 6.52. The topological polar surface area (TPSA) is 49.3 Å². The first kappa shape index (κ1) is 20.2. The maximum atomic E-state index is 4.44. The third-order valence-electron chi connectivity index (χ3n) is 4.59. The van der Waals surface area contributed by atoms with Crippen LogP contribution in [0.1, 0.15) is 35.2 Å². The van der Waals surface area contributed by atoms with Gasteiger partial charge in [0, 0.05) is 24.7 Å². The summed E-state index contributed by atoms with van der Waals surface area (Å²) in [6.07, 6.45) is 6.74. The quantitative estimate of drug-likeness (QED) is 0.365. The lowest BCUT2D eigenvalue weighted by Gasteiger charge is -2.18. The van der Waals surface area contributed by atoms with Crippen molar-refractivity contribution in [1.29, 1.82) is 0 Å². The van der Waals surface area contributed by atoms with Gasteiger partial charge in [-0.15, -0.1) is 35.3 Å². The van der Waals surface area contributed by atoms with Crippen molar-refractivity contribution in [3.8, 4) is 0 Å². The Morgan fingerprint density at radius 1 is 1.24 bits per heavy atom. The molecule has 1 aromatic heterocycles. The minimum absolute atomic E-state index is 0. The Balaban J connectivity index is 0.00000225. The van der Waals surface area contributed by atoms with E-state index in [4.69, 9.17) is 0 Å². The normalized spacial score (nSPS) is 15.4. The Hall–Kier alpha value is -1.15. The number of thiazole rings is 1. The Labute approximate surface area is 171 Å². The van der Waals surface area contributed by atoms with Gasteiger partial charge in [0.25, 0.3) is 0 Å². The first-order valence-corrected chi connectivity index (χ1v) is 9.47. The highest BCUT2D eigenvalue weighted by Gasteiger charge is 2.42. The average Bonchev–Trinajstić information content (AvgIpc) is 3.21. The maximum Gasteiger partial charge on any atom is 0.191 e. The first-order chi connectivity index (χ1) is 11.7.